The molecule has 0 aromatic carbocycles. The highest BCUT2D eigenvalue weighted by molar-refractivity contribution is 6.00. The molecule has 544 valence electrons. The molecule has 95 heavy (non-hydrogen) atoms. The number of rotatable bonds is 49. The molecule has 0 radical (unpaired) electrons. The van der Waals surface area contributed by atoms with Crippen LogP contribution in [0.5, 0.6) is 0 Å². The first-order valence-corrected chi connectivity index (χ1v) is 33.4. The highest BCUT2D eigenvalue weighted by Gasteiger charge is 2.38. The van der Waals surface area contributed by atoms with Crippen LogP contribution in [0.4, 0.5) is 0 Å². The number of hydrogen-bond donors (Lipinski definition) is 18. The first kappa shape index (κ1) is 87.4. The van der Waals surface area contributed by atoms with Gasteiger partial charge in [0.25, 0.3) is 0 Å². The van der Waals surface area contributed by atoms with Gasteiger partial charge < -0.3 is 97.6 Å². The highest BCUT2D eigenvalue weighted by Crippen LogP contribution is 2.16. The first-order chi connectivity index (χ1) is 44.5. The van der Waals surface area contributed by atoms with Crippen LogP contribution in [0.2, 0.25) is 0 Å². The molecule has 0 fully saturated rings. The molecule has 13 amide bonds. The summed E-state index contributed by atoms with van der Waals surface area (Å²) in [6.07, 6.45) is 2.16. The van der Waals surface area contributed by atoms with E-state index >= 15 is 0 Å². The van der Waals surface area contributed by atoms with E-state index in [9.17, 15) is 72.2 Å². The summed E-state index contributed by atoms with van der Waals surface area (Å²) >= 11 is 0. The number of aliphatic carboxylic acids is 1. The summed E-state index contributed by atoms with van der Waals surface area (Å²) in [4.78, 5) is 189. The third-order valence-electron chi connectivity index (χ3n) is 15.5. The summed E-state index contributed by atoms with van der Waals surface area (Å²) < 4.78 is 0. The minimum atomic E-state index is -1.78. The fourth-order valence-electron chi connectivity index (χ4n) is 9.81. The third-order valence-corrected chi connectivity index (χ3v) is 15.5. The van der Waals surface area contributed by atoms with Gasteiger partial charge in [-0.1, -0.05) is 89.5 Å². The SMILES string of the molecule is CC[C@H](C)[C@H](NC(=O)[C@H](CC(=O)O)NC(=O)[C@H](CC(C)C)NC(=O)[C@H](CC(C)C)NC(=O)CN)C(=O)N[C@@H](CC(C)C)C(=O)N[C@@H](CCCCN)C(=O)N[C@@H](CCCCN)C(=O)N[C@H](C(=O)NCC(=O)N[C@@H](CCCCN)C(=O)N[C@H](C(=O)N[C@@H](C)C(N)=O)C(C)C)C(C)C. The van der Waals surface area contributed by atoms with Crippen LogP contribution >= 0.6 is 0 Å². The zero-order chi connectivity index (χ0) is 72.8. The number of carbonyl (C=O) groups is 14. The Labute approximate surface area is 560 Å². The van der Waals surface area contributed by atoms with Gasteiger partial charge in [0.2, 0.25) is 76.8 Å². The van der Waals surface area contributed by atoms with Crippen molar-refractivity contribution in [2.45, 2.75) is 246 Å². The van der Waals surface area contributed by atoms with Crippen LogP contribution in [0.3, 0.4) is 0 Å². The molecule has 0 aliphatic rings. The van der Waals surface area contributed by atoms with Crippen LogP contribution in [0.25, 0.3) is 0 Å². The summed E-state index contributed by atoms with van der Waals surface area (Å²) in [5.41, 5.74) is 28.1. The zero-order valence-electron chi connectivity index (χ0n) is 58.3. The van der Waals surface area contributed by atoms with Crippen LogP contribution in [-0.2, 0) is 67.1 Å². The van der Waals surface area contributed by atoms with Gasteiger partial charge in [-0.25, -0.2) is 0 Å². The Morgan fingerprint density at radius 2 is 0.674 bits per heavy atom. The largest absolute Gasteiger partial charge is 0.481 e. The molecule has 32 heteroatoms. The van der Waals surface area contributed by atoms with Crippen molar-refractivity contribution in [2.75, 3.05) is 32.7 Å². The Morgan fingerprint density at radius 1 is 0.358 bits per heavy atom. The second-order valence-electron chi connectivity index (χ2n) is 26.3. The Morgan fingerprint density at radius 3 is 1.04 bits per heavy atom. The minimum absolute atomic E-state index is 0.0126. The second kappa shape index (κ2) is 46.5. The monoisotopic (exact) mass is 1350 g/mol. The van der Waals surface area contributed by atoms with E-state index in [0.717, 1.165) is 0 Å². The van der Waals surface area contributed by atoms with Crippen LogP contribution in [0.1, 0.15) is 180 Å². The Balaban J connectivity index is 6.84. The first-order valence-electron chi connectivity index (χ1n) is 33.4. The smallest absolute Gasteiger partial charge is 0.305 e. The number of carbonyl (C=O) groups excluding carboxylic acids is 13. The molecule has 0 saturated carbocycles. The molecule has 12 atom stereocenters. The topological polar surface area (TPSA) is 534 Å². The van der Waals surface area contributed by atoms with Crippen molar-refractivity contribution in [3.8, 4) is 0 Å². The fourth-order valence-corrected chi connectivity index (χ4v) is 9.81. The molecule has 0 saturated heterocycles. The Bertz CT molecular complexity index is 2500. The quantitative estimate of drug-likeness (QED) is 0.0275. The molecule has 23 N–H and O–H groups in total. The molecule has 0 bridgehead atoms. The lowest BCUT2D eigenvalue weighted by atomic mass is 9.96. The molecular weight excluding hydrogens is 1230 g/mol. The van der Waals surface area contributed by atoms with Gasteiger partial charge in [0.1, 0.15) is 66.5 Å². The molecule has 32 nitrogen and oxygen atoms in total. The highest BCUT2D eigenvalue weighted by atomic mass is 16.4. The van der Waals surface area contributed by atoms with Crippen LogP contribution in [-0.4, -0.2) is 187 Å². The van der Waals surface area contributed by atoms with Gasteiger partial charge in [0.15, 0.2) is 0 Å². The van der Waals surface area contributed by atoms with Gasteiger partial charge in [-0.3, -0.25) is 67.1 Å². The number of hydrogen-bond acceptors (Lipinski definition) is 18. The number of unbranched alkanes of at least 4 members (excludes halogenated alkanes) is 3. The van der Waals surface area contributed by atoms with Crippen molar-refractivity contribution in [3.63, 3.8) is 0 Å². The molecule has 0 aliphatic heterocycles. The van der Waals surface area contributed by atoms with Crippen molar-refractivity contribution < 1.29 is 72.2 Å². The predicted octanol–water partition coefficient (Wildman–Crippen LogP) is -2.74. The van der Waals surface area contributed by atoms with Gasteiger partial charge in [-0.05, 0) is 139 Å². The Kier molecular flexibility index (Phi) is 42.8. The third kappa shape index (κ3) is 35.1. The molecular formula is C63H117N17O15. The number of amides is 13. The van der Waals surface area contributed by atoms with E-state index in [1.165, 1.54) is 6.92 Å². The summed E-state index contributed by atoms with van der Waals surface area (Å²) in [6, 6.07) is -14.1. The van der Waals surface area contributed by atoms with Crippen LogP contribution in [0.15, 0.2) is 0 Å². The number of carboxylic acid groups (broad SMARTS) is 1. The maximum atomic E-state index is 14.5. The molecule has 0 aliphatic carbocycles. The number of primary amides is 1. The lowest BCUT2D eigenvalue weighted by molar-refractivity contribution is -0.142. The Hall–Kier alpha value is -7.58. The van der Waals surface area contributed by atoms with Crippen molar-refractivity contribution in [1.29, 1.82) is 0 Å². The van der Waals surface area contributed by atoms with Gasteiger partial charge in [-0.2, -0.15) is 0 Å². The van der Waals surface area contributed by atoms with Crippen LogP contribution in [0, 0.1) is 35.5 Å². The van der Waals surface area contributed by atoms with Crippen molar-refractivity contribution in [2.24, 2.45) is 64.2 Å². The minimum Gasteiger partial charge on any atom is -0.481 e. The van der Waals surface area contributed by atoms with E-state index in [-0.39, 0.29) is 75.8 Å². The molecule has 0 aromatic rings. The van der Waals surface area contributed by atoms with E-state index in [0.29, 0.717) is 45.1 Å². The number of carboxylic acids is 1. The summed E-state index contributed by atoms with van der Waals surface area (Å²) in [5.74, 6) is -14.0. The fraction of sp³-hybridized carbons (Fsp3) is 0.778. The van der Waals surface area contributed by atoms with Crippen molar-refractivity contribution >= 4 is 82.8 Å². The van der Waals surface area contributed by atoms with Gasteiger partial charge >= 0.3 is 5.97 Å². The maximum Gasteiger partial charge on any atom is 0.305 e. The molecule has 0 aromatic heterocycles. The van der Waals surface area contributed by atoms with Crippen LogP contribution < -0.4 is 92.5 Å². The lowest BCUT2D eigenvalue weighted by Crippen LogP contribution is -2.61. The average molecular weight is 1350 g/mol. The zero-order valence-corrected chi connectivity index (χ0v) is 58.3. The van der Waals surface area contributed by atoms with Gasteiger partial charge in [-0.15, -0.1) is 0 Å². The van der Waals surface area contributed by atoms with Crippen molar-refractivity contribution in [3.05, 3.63) is 0 Å². The second-order valence-corrected chi connectivity index (χ2v) is 26.3. The standard InChI is InChI=1S/C63H117N17O15/c1-14-38(12)52(80-60(92)46(30-49(83)84)76-59(91)44(28-34(4)5)75-57(89)43(27-33(2)3)72-47(81)31-67)63(95)77-45(29-35(6)7)58(90)74-41(22-16-19-25-65)54(86)73-42(23-17-20-26-66)56(88)78-50(36(8)9)61(93)69-32-48(82)71-40(21-15-18-24-64)55(87)79-51(37(10)11)62(94)70-39(13)53(68)85/h33-46,50-52H,14-32,64-67H2,1-13H3,(H2,68,85)(H,69,93)(H,70,94)(H,71,82)(H,72,81)(H,73,86)(H,74,90)(H,75,89)(H,76,91)(H,77,95)(H,78,88)(H,79,87)(H,80,92)(H,83,84)/t38-,39-,40-,41-,42-,43-,44-,45-,46-,50-,51-,52-/m0/s1. The molecule has 0 spiro atoms. The van der Waals surface area contributed by atoms with E-state index < -0.39 is 186 Å². The average Bonchev–Trinajstić information content (AvgIpc) is 0.902. The van der Waals surface area contributed by atoms with E-state index in [1.807, 2.05) is 13.8 Å². The summed E-state index contributed by atoms with van der Waals surface area (Å²) in [7, 11) is 0. The maximum absolute atomic E-state index is 14.5. The molecule has 0 rings (SSSR count). The number of nitrogens with two attached hydrogens (primary N) is 5. The van der Waals surface area contributed by atoms with E-state index in [2.05, 4.69) is 63.8 Å². The summed E-state index contributed by atoms with van der Waals surface area (Å²) in [5, 5.41) is 41.2. The van der Waals surface area contributed by atoms with E-state index in [1.54, 1.807) is 69.2 Å². The lowest BCUT2D eigenvalue weighted by Gasteiger charge is -2.30. The summed E-state index contributed by atoms with van der Waals surface area (Å²) in [6.45, 7) is 21.8. The normalized spacial score (nSPS) is 15.2. The molecule has 0 unspecified atom stereocenters. The predicted molar refractivity (Wildman–Crippen MR) is 357 cm³/mol. The molecule has 0 heterocycles. The van der Waals surface area contributed by atoms with Gasteiger partial charge in [0, 0.05) is 0 Å². The van der Waals surface area contributed by atoms with Gasteiger partial charge in [0.05, 0.1) is 19.5 Å². The van der Waals surface area contributed by atoms with E-state index in [4.69, 9.17) is 28.7 Å². The van der Waals surface area contributed by atoms with Crippen molar-refractivity contribution in [1.82, 2.24) is 63.8 Å². The number of nitrogens with one attached hydrogen (secondary N) is 12.